The zero-order valence-corrected chi connectivity index (χ0v) is 22.7. The zero-order valence-electron chi connectivity index (χ0n) is 21.9. The minimum Gasteiger partial charge on any atom is -0.491 e. The van der Waals surface area contributed by atoms with Gasteiger partial charge in [-0.05, 0) is 62.4 Å². The first-order chi connectivity index (χ1) is 18.9. The summed E-state index contributed by atoms with van der Waals surface area (Å²) in [5.74, 6) is 2.06. The van der Waals surface area contributed by atoms with Crippen molar-refractivity contribution in [1.29, 1.82) is 4.78 Å². The van der Waals surface area contributed by atoms with E-state index in [1.807, 2.05) is 36.4 Å². The smallest absolute Gasteiger partial charge is 0.251 e. The molecule has 0 bridgehead atoms. The number of hydrogen-bond acceptors (Lipinski definition) is 8. The van der Waals surface area contributed by atoms with E-state index < -0.39 is 10.7 Å². The van der Waals surface area contributed by atoms with Crippen LogP contribution < -0.4 is 15.0 Å². The Morgan fingerprint density at radius 3 is 2.74 bits per heavy atom. The predicted octanol–water partition coefficient (Wildman–Crippen LogP) is 4.37. The molecule has 5 heterocycles. The average molecular weight is 543 g/mol. The number of benzene rings is 1. The highest BCUT2D eigenvalue weighted by Crippen LogP contribution is 2.28. The summed E-state index contributed by atoms with van der Waals surface area (Å²) in [5, 5.41) is 3.86. The zero-order chi connectivity index (χ0) is 26.9. The van der Waals surface area contributed by atoms with E-state index in [0.29, 0.717) is 29.4 Å². The predicted molar refractivity (Wildman–Crippen MR) is 151 cm³/mol. The molecule has 1 aromatic carbocycles. The molecular formula is C29H30N6O3S. The second-order valence-corrected chi connectivity index (χ2v) is 11.5. The van der Waals surface area contributed by atoms with Gasteiger partial charge in [0.25, 0.3) is 5.91 Å². The van der Waals surface area contributed by atoms with Crippen molar-refractivity contribution in [3.05, 3.63) is 72.1 Å². The van der Waals surface area contributed by atoms with Crippen LogP contribution in [0.3, 0.4) is 0 Å². The fourth-order valence-corrected chi connectivity index (χ4v) is 6.09. The van der Waals surface area contributed by atoms with Crippen molar-refractivity contribution in [1.82, 2.24) is 20.3 Å². The SMILES string of the molecule is CC1CN(c2cccc(-c3ccc4cnc(CNC(=O)c5ccc6c(c5)S(=N)CCO6)cc4n3)n2)CC(C)O1. The number of rotatable bonds is 5. The number of nitrogens with one attached hydrogen (secondary N) is 2. The highest BCUT2D eigenvalue weighted by Gasteiger charge is 2.23. The molecule has 1 saturated heterocycles. The third-order valence-electron chi connectivity index (χ3n) is 6.82. The van der Waals surface area contributed by atoms with E-state index in [1.165, 1.54) is 0 Å². The Morgan fingerprint density at radius 1 is 1.08 bits per heavy atom. The number of nitrogens with zero attached hydrogens (tertiary/aromatic N) is 4. The van der Waals surface area contributed by atoms with Crippen LogP contribution >= 0.6 is 0 Å². The number of carbonyl (C=O) groups is 1. The summed E-state index contributed by atoms with van der Waals surface area (Å²) in [6.45, 7) is 6.58. The molecule has 6 rings (SSSR count). The monoisotopic (exact) mass is 542 g/mol. The van der Waals surface area contributed by atoms with Crippen molar-refractivity contribution in [2.75, 3.05) is 30.3 Å². The Hall–Kier alpha value is -3.89. The second kappa shape index (κ2) is 10.7. The van der Waals surface area contributed by atoms with Crippen LogP contribution in [0.5, 0.6) is 5.75 Å². The summed E-state index contributed by atoms with van der Waals surface area (Å²) >= 11 is 0. The van der Waals surface area contributed by atoms with E-state index in [0.717, 1.165) is 46.1 Å². The van der Waals surface area contributed by atoms with Crippen LogP contribution in [0.15, 0.2) is 65.7 Å². The van der Waals surface area contributed by atoms with Gasteiger partial charge in [-0.3, -0.25) is 14.6 Å². The molecule has 0 spiro atoms. The van der Waals surface area contributed by atoms with Gasteiger partial charge in [0.1, 0.15) is 11.6 Å². The lowest BCUT2D eigenvalue weighted by Gasteiger charge is -2.36. The second-order valence-electron chi connectivity index (χ2n) is 9.90. The summed E-state index contributed by atoms with van der Waals surface area (Å²) in [6, 6.07) is 17.1. The maximum absolute atomic E-state index is 12.8. The van der Waals surface area contributed by atoms with E-state index in [-0.39, 0.29) is 24.7 Å². The molecule has 3 unspecified atom stereocenters. The molecule has 39 heavy (non-hydrogen) atoms. The van der Waals surface area contributed by atoms with Crippen molar-refractivity contribution < 1.29 is 14.3 Å². The molecule has 2 N–H and O–H groups in total. The van der Waals surface area contributed by atoms with Crippen LogP contribution in [-0.2, 0) is 22.0 Å². The minimum atomic E-state index is -0.661. The molecule has 0 radical (unpaired) electrons. The maximum Gasteiger partial charge on any atom is 0.251 e. The topological polar surface area (TPSA) is 113 Å². The van der Waals surface area contributed by atoms with E-state index in [2.05, 4.69) is 29.0 Å². The molecule has 0 saturated carbocycles. The van der Waals surface area contributed by atoms with Gasteiger partial charge in [0.05, 0.1) is 52.9 Å². The van der Waals surface area contributed by atoms with Gasteiger partial charge in [-0.15, -0.1) is 0 Å². The molecule has 0 aliphatic carbocycles. The lowest BCUT2D eigenvalue weighted by Crippen LogP contribution is -2.45. The van der Waals surface area contributed by atoms with Crippen molar-refractivity contribution in [2.24, 2.45) is 0 Å². The standard InChI is InChI=1S/C29H30N6O3S/c1-18-16-35(17-19(2)38-18)28-5-3-4-23(34-28)24-8-6-21-14-31-22(13-25(21)33-24)15-32-29(36)20-7-9-26-27(12-20)39(30)11-10-37-26/h3-9,12-14,18-19,30H,10-11,15-17H2,1-2H3,(H,32,36). The van der Waals surface area contributed by atoms with Gasteiger partial charge in [0.2, 0.25) is 0 Å². The first-order valence-corrected chi connectivity index (χ1v) is 14.4. The Bertz CT molecular complexity index is 1570. The van der Waals surface area contributed by atoms with Crippen LogP contribution in [0.25, 0.3) is 22.3 Å². The van der Waals surface area contributed by atoms with Gasteiger partial charge in [-0.2, -0.15) is 0 Å². The van der Waals surface area contributed by atoms with E-state index in [4.69, 9.17) is 24.2 Å². The molecule has 1 fully saturated rings. The van der Waals surface area contributed by atoms with Crippen LogP contribution in [0, 0.1) is 4.78 Å². The van der Waals surface area contributed by atoms with Gasteiger partial charge in [0, 0.05) is 36.0 Å². The Kier molecular flexibility index (Phi) is 6.97. The van der Waals surface area contributed by atoms with Crippen LogP contribution in [0.1, 0.15) is 29.9 Å². The lowest BCUT2D eigenvalue weighted by atomic mass is 10.1. The summed E-state index contributed by atoms with van der Waals surface area (Å²) in [7, 11) is -0.661. The van der Waals surface area contributed by atoms with Gasteiger partial charge in [0.15, 0.2) is 0 Å². The van der Waals surface area contributed by atoms with E-state index in [1.54, 1.807) is 24.4 Å². The van der Waals surface area contributed by atoms with Gasteiger partial charge in [-0.1, -0.05) is 16.8 Å². The van der Waals surface area contributed by atoms with Crippen LogP contribution in [0.2, 0.25) is 0 Å². The number of pyridine rings is 3. The van der Waals surface area contributed by atoms with Gasteiger partial charge in [-0.25, -0.2) is 9.97 Å². The quantitative estimate of drug-likeness (QED) is 0.385. The fraction of sp³-hybridized carbons (Fsp3) is 0.310. The van der Waals surface area contributed by atoms with Crippen LogP contribution in [0.4, 0.5) is 5.82 Å². The molecule has 2 aliphatic rings. The number of hydrogen-bond donors (Lipinski definition) is 2. The molecule has 9 nitrogen and oxygen atoms in total. The molecule has 2 aliphatic heterocycles. The van der Waals surface area contributed by atoms with E-state index >= 15 is 0 Å². The summed E-state index contributed by atoms with van der Waals surface area (Å²) in [6.07, 6.45) is 2.08. The number of carbonyl (C=O) groups excluding carboxylic acids is 1. The molecular weight excluding hydrogens is 512 g/mol. The van der Waals surface area contributed by atoms with Crippen molar-refractivity contribution in [2.45, 2.75) is 37.5 Å². The van der Waals surface area contributed by atoms with Crippen LogP contribution in [-0.4, -0.2) is 58.5 Å². The summed E-state index contributed by atoms with van der Waals surface area (Å²) < 4.78 is 19.7. The molecule has 4 aromatic rings. The minimum absolute atomic E-state index is 0.153. The Balaban J connectivity index is 1.19. The first kappa shape index (κ1) is 25.4. The first-order valence-electron chi connectivity index (χ1n) is 13.0. The number of morpholine rings is 1. The molecule has 1 amide bonds. The number of anilines is 1. The van der Waals surface area contributed by atoms with Crippen molar-refractivity contribution in [3.63, 3.8) is 0 Å². The summed E-state index contributed by atoms with van der Waals surface area (Å²) in [5.41, 5.74) is 3.59. The van der Waals surface area contributed by atoms with Gasteiger partial charge < -0.3 is 19.7 Å². The van der Waals surface area contributed by atoms with E-state index in [9.17, 15) is 4.79 Å². The van der Waals surface area contributed by atoms with Gasteiger partial charge >= 0.3 is 0 Å². The summed E-state index contributed by atoms with van der Waals surface area (Å²) in [4.78, 5) is 30.2. The fourth-order valence-electron chi connectivity index (χ4n) is 4.98. The largest absolute Gasteiger partial charge is 0.491 e. The molecule has 10 heteroatoms. The molecule has 200 valence electrons. The highest BCUT2D eigenvalue weighted by atomic mass is 32.2. The number of fused-ring (bicyclic) bond motifs is 2. The van der Waals surface area contributed by atoms with Crippen molar-refractivity contribution in [3.8, 4) is 17.1 Å². The van der Waals surface area contributed by atoms with Crippen molar-refractivity contribution >= 4 is 33.3 Å². The lowest BCUT2D eigenvalue weighted by molar-refractivity contribution is -0.00545. The maximum atomic E-state index is 12.8. The number of amides is 1. The average Bonchev–Trinajstić information content (AvgIpc) is 2.95. The third kappa shape index (κ3) is 5.48. The number of ether oxygens (including phenoxy) is 2. The molecule has 3 atom stereocenters. The Morgan fingerprint density at radius 2 is 1.90 bits per heavy atom. The highest BCUT2D eigenvalue weighted by molar-refractivity contribution is 7.86. The number of aromatic nitrogens is 3. The normalized spacial score (nSPS) is 20.8. The molecule has 3 aromatic heterocycles. The third-order valence-corrected chi connectivity index (χ3v) is 8.24. The Labute approximate surface area is 229 Å².